The van der Waals surface area contributed by atoms with Gasteiger partial charge in [-0.25, -0.2) is 17.6 Å². The first-order valence-electron chi connectivity index (χ1n) is 3.40. The van der Waals surface area contributed by atoms with Gasteiger partial charge in [0.25, 0.3) is 9.05 Å². The van der Waals surface area contributed by atoms with Gasteiger partial charge < -0.3 is 5.11 Å². The lowest BCUT2D eigenvalue weighted by Crippen LogP contribution is -2.05. The van der Waals surface area contributed by atoms with Crippen molar-refractivity contribution in [2.45, 2.75) is 4.90 Å². The number of carbonyl (C=O) groups is 1. The molecule has 0 heterocycles. The van der Waals surface area contributed by atoms with E-state index in [1.807, 2.05) is 0 Å². The SMILES string of the molecule is O=C(O)c1cc(S(=O)(=O)Cl)c(F)cc1I. The Kier molecular flexibility index (Phi) is 3.56. The molecular weight excluding hydrogens is 361 g/mol. The lowest BCUT2D eigenvalue weighted by molar-refractivity contribution is 0.0695. The van der Waals surface area contributed by atoms with Gasteiger partial charge in [-0.15, -0.1) is 0 Å². The maximum absolute atomic E-state index is 13.1. The van der Waals surface area contributed by atoms with Crippen LogP contribution in [0.25, 0.3) is 0 Å². The number of rotatable bonds is 2. The van der Waals surface area contributed by atoms with E-state index in [1.54, 1.807) is 22.6 Å². The Morgan fingerprint density at radius 1 is 1.47 bits per heavy atom. The maximum Gasteiger partial charge on any atom is 0.336 e. The van der Waals surface area contributed by atoms with Gasteiger partial charge in [0.15, 0.2) is 0 Å². The number of carboxylic acids is 1. The molecule has 15 heavy (non-hydrogen) atoms. The molecule has 0 fully saturated rings. The van der Waals surface area contributed by atoms with Crippen LogP contribution in [0.15, 0.2) is 17.0 Å². The molecular formula is C7H3ClFIO4S. The van der Waals surface area contributed by atoms with Gasteiger partial charge in [-0.3, -0.25) is 0 Å². The van der Waals surface area contributed by atoms with Crippen molar-refractivity contribution >= 4 is 48.3 Å². The van der Waals surface area contributed by atoms with Crippen molar-refractivity contribution in [2.24, 2.45) is 0 Å². The van der Waals surface area contributed by atoms with Crippen LogP contribution in [0, 0.1) is 9.39 Å². The fourth-order valence-electron chi connectivity index (χ4n) is 0.880. The largest absolute Gasteiger partial charge is 0.478 e. The van der Waals surface area contributed by atoms with Crippen LogP contribution >= 0.6 is 33.3 Å². The molecule has 0 aliphatic carbocycles. The molecule has 0 aliphatic heterocycles. The van der Waals surface area contributed by atoms with Crippen LogP contribution < -0.4 is 0 Å². The molecule has 8 heteroatoms. The molecule has 1 aromatic rings. The number of hydrogen-bond donors (Lipinski definition) is 1. The molecule has 82 valence electrons. The molecule has 1 N–H and O–H groups in total. The quantitative estimate of drug-likeness (QED) is 0.644. The topological polar surface area (TPSA) is 71.4 Å². The zero-order chi connectivity index (χ0) is 11.8. The standard InChI is InChI=1S/C7H3ClFIO4S/c8-15(13,14)6-1-3(7(11)12)5(10)2-4(6)9/h1-2H,(H,11,12). The predicted octanol–water partition coefficient (Wildman–Crippen LogP) is 2.06. The third kappa shape index (κ3) is 2.79. The Hall–Kier alpha value is -0.410. The van der Waals surface area contributed by atoms with Crippen LogP contribution in [0.1, 0.15) is 10.4 Å². The molecule has 0 bridgehead atoms. The lowest BCUT2D eigenvalue weighted by atomic mass is 10.2. The first-order chi connectivity index (χ1) is 6.73. The van der Waals surface area contributed by atoms with E-state index in [0.29, 0.717) is 6.07 Å². The summed E-state index contributed by atoms with van der Waals surface area (Å²) in [5.41, 5.74) is -0.309. The van der Waals surface area contributed by atoms with Crippen LogP contribution in [0.4, 0.5) is 4.39 Å². The van der Waals surface area contributed by atoms with Crippen molar-refractivity contribution in [3.63, 3.8) is 0 Å². The first kappa shape index (κ1) is 12.7. The zero-order valence-corrected chi connectivity index (χ0v) is 10.6. The highest BCUT2D eigenvalue weighted by Crippen LogP contribution is 2.24. The minimum atomic E-state index is -4.28. The van der Waals surface area contributed by atoms with E-state index in [4.69, 9.17) is 15.8 Å². The van der Waals surface area contributed by atoms with Gasteiger partial charge in [-0.1, -0.05) is 0 Å². The third-order valence-electron chi connectivity index (χ3n) is 1.51. The van der Waals surface area contributed by atoms with Crippen molar-refractivity contribution in [3.05, 3.63) is 27.1 Å². The van der Waals surface area contributed by atoms with Gasteiger partial charge in [0.2, 0.25) is 0 Å². The second-order valence-corrected chi connectivity index (χ2v) is 6.20. The fraction of sp³-hybridized carbons (Fsp3) is 0. The van der Waals surface area contributed by atoms with E-state index in [0.717, 1.165) is 6.07 Å². The molecule has 1 aromatic carbocycles. The second kappa shape index (κ2) is 4.22. The van der Waals surface area contributed by atoms with Crippen molar-refractivity contribution in [3.8, 4) is 0 Å². The molecule has 0 saturated heterocycles. The molecule has 1 rings (SSSR count). The number of aromatic carboxylic acids is 1. The molecule has 0 aromatic heterocycles. The van der Waals surface area contributed by atoms with Crippen molar-refractivity contribution in [1.29, 1.82) is 0 Å². The summed E-state index contributed by atoms with van der Waals surface area (Å²) < 4.78 is 35.0. The van der Waals surface area contributed by atoms with Gasteiger partial charge in [0.05, 0.1) is 5.56 Å². The summed E-state index contributed by atoms with van der Waals surface area (Å²) in [6.07, 6.45) is 0. The highest BCUT2D eigenvalue weighted by Gasteiger charge is 2.21. The first-order valence-corrected chi connectivity index (χ1v) is 6.79. The van der Waals surface area contributed by atoms with Crippen LogP contribution in [-0.2, 0) is 9.05 Å². The predicted molar refractivity (Wildman–Crippen MR) is 59.1 cm³/mol. The van der Waals surface area contributed by atoms with E-state index in [2.05, 4.69) is 0 Å². The van der Waals surface area contributed by atoms with Crippen LogP contribution in [0.5, 0.6) is 0 Å². The molecule has 0 unspecified atom stereocenters. The Morgan fingerprint density at radius 3 is 2.40 bits per heavy atom. The number of halogens is 3. The van der Waals surface area contributed by atoms with Gasteiger partial charge in [0.1, 0.15) is 10.7 Å². The Balaban J connectivity index is 3.58. The number of benzene rings is 1. The smallest absolute Gasteiger partial charge is 0.336 e. The van der Waals surface area contributed by atoms with Gasteiger partial charge >= 0.3 is 5.97 Å². The minimum Gasteiger partial charge on any atom is -0.478 e. The van der Waals surface area contributed by atoms with E-state index >= 15 is 0 Å². The summed E-state index contributed by atoms with van der Waals surface area (Å²) in [5, 5.41) is 8.68. The summed E-state index contributed by atoms with van der Waals surface area (Å²) >= 11 is 1.59. The fourth-order valence-corrected chi connectivity index (χ4v) is 2.44. The van der Waals surface area contributed by atoms with Crippen molar-refractivity contribution in [2.75, 3.05) is 0 Å². The van der Waals surface area contributed by atoms with E-state index in [9.17, 15) is 17.6 Å². The Labute approximate surface area is 103 Å². The summed E-state index contributed by atoms with van der Waals surface area (Å²) in [5.74, 6) is -2.42. The third-order valence-corrected chi connectivity index (χ3v) is 3.74. The maximum atomic E-state index is 13.1. The molecule has 0 spiro atoms. The second-order valence-electron chi connectivity index (χ2n) is 2.51. The van der Waals surface area contributed by atoms with Gasteiger partial charge in [0, 0.05) is 14.3 Å². The van der Waals surface area contributed by atoms with Crippen molar-refractivity contribution in [1.82, 2.24) is 0 Å². The number of carboxylic acid groups (broad SMARTS) is 1. The zero-order valence-electron chi connectivity index (χ0n) is 6.87. The number of hydrogen-bond acceptors (Lipinski definition) is 3. The lowest BCUT2D eigenvalue weighted by Gasteiger charge is -2.03. The normalized spacial score (nSPS) is 11.4. The molecule has 0 atom stereocenters. The molecule has 4 nitrogen and oxygen atoms in total. The molecule has 0 radical (unpaired) electrons. The van der Waals surface area contributed by atoms with E-state index in [-0.39, 0.29) is 9.13 Å². The highest BCUT2D eigenvalue weighted by atomic mass is 127. The van der Waals surface area contributed by atoms with Gasteiger partial charge in [-0.05, 0) is 34.7 Å². The summed E-state index contributed by atoms with van der Waals surface area (Å²) in [6, 6.07) is 1.50. The summed E-state index contributed by atoms with van der Waals surface area (Å²) in [6.45, 7) is 0. The van der Waals surface area contributed by atoms with Crippen molar-refractivity contribution < 1.29 is 22.7 Å². The van der Waals surface area contributed by atoms with Gasteiger partial charge in [-0.2, -0.15) is 0 Å². The van der Waals surface area contributed by atoms with E-state index < -0.39 is 25.7 Å². The Morgan fingerprint density at radius 2 is 2.00 bits per heavy atom. The average Bonchev–Trinajstić information content (AvgIpc) is 2.00. The van der Waals surface area contributed by atoms with Crippen LogP contribution in [0.3, 0.4) is 0 Å². The van der Waals surface area contributed by atoms with Crippen LogP contribution in [-0.4, -0.2) is 19.5 Å². The van der Waals surface area contributed by atoms with E-state index in [1.165, 1.54) is 0 Å². The Bertz CT molecular complexity index is 528. The molecule has 0 aliphatic rings. The molecule has 0 amide bonds. The van der Waals surface area contributed by atoms with Crippen LogP contribution in [0.2, 0.25) is 0 Å². The minimum absolute atomic E-state index is 0.0988. The highest BCUT2D eigenvalue weighted by molar-refractivity contribution is 14.1. The summed E-state index contributed by atoms with van der Waals surface area (Å²) in [7, 11) is 0.654. The average molecular weight is 365 g/mol. The monoisotopic (exact) mass is 364 g/mol. The molecule has 0 saturated carbocycles. The summed E-state index contributed by atoms with van der Waals surface area (Å²) in [4.78, 5) is 9.82.